The zero-order valence-corrected chi connectivity index (χ0v) is 24.3. The SMILES string of the molecule is CCCCCOC(=O)OC[C@H](C)OC(=O)[C@@H](N)Cc1ccc(OC(=O)OC(C)CC)c(OC(=O)OC(C)CC)c1. The average Bonchev–Trinajstić information content (AvgIpc) is 2.90. The molecule has 0 aliphatic heterocycles. The molecule has 40 heavy (non-hydrogen) atoms. The molecule has 0 saturated carbocycles. The highest BCUT2D eigenvalue weighted by Gasteiger charge is 2.23. The van der Waals surface area contributed by atoms with E-state index in [4.69, 9.17) is 38.9 Å². The van der Waals surface area contributed by atoms with Crippen LogP contribution in [0.25, 0.3) is 0 Å². The summed E-state index contributed by atoms with van der Waals surface area (Å²) in [6.45, 7) is 10.7. The van der Waals surface area contributed by atoms with Crippen LogP contribution in [-0.4, -0.2) is 62.0 Å². The minimum Gasteiger partial charge on any atom is -0.458 e. The monoisotopic (exact) mass is 569 g/mol. The van der Waals surface area contributed by atoms with E-state index in [1.165, 1.54) is 12.1 Å². The largest absolute Gasteiger partial charge is 0.514 e. The van der Waals surface area contributed by atoms with Crippen molar-refractivity contribution in [3.05, 3.63) is 23.8 Å². The lowest BCUT2D eigenvalue weighted by Crippen LogP contribution is -2.37. The van der Waals surface area contributed by atoms with Gasteiger partial charge in [0.25, 0.3) is 0 Å². The van der Waals surface area contributed by atoms with Crippen molar-refractivity contribution in [1.82, 2.24) is 0 Å². The summed E-state index contributed by atoms with van der Waals surface area (Å²) in [4.78, 5) is 48.5. The molecule has 0 heterocycles. The Morgan fingerprint density at radius 1 is 0.750 bits per heavy atom. The van der Waals surface area contributed by atoms with E-state index in [1.54, 1.807) is 26.8 Å². The van der Waals surface area contributed by atoms with Crippen molar-refractivity contribution in [2.45, 2.75) is 104 Å². The lowest BCUT2D eigenvalue weighted by Gasteiger charge is -2.18. The van der Waals surface area contributed by atoms with Gasteiger partial charge in [-0.15, -0.1) is 0 Å². The number of carbonyl (C=O) groups excluding carboxylic acids is 4. The number of ether oxygens (including phenoxy) is 7. The Morgan fingerprint density at radius 3 is 1.93 bits per heavy atom. The molecule has 12 heteroatoms. The molecule has 0 fully saturated rings. The van der Waals surface area contributed by atoms with E-state index in [0.29, 0.717) is 18.4 Å². The quantitative estimate of drug-likeness (QED) is 0.116. The van der Waals surface area contributed by atoms with Crippen molar-refractivity contribution in [3.63, 3.8) is 0 Å². The molecule has 1 rings (SSSR count). The number of nitrogens with two attached hydrogens (primary N) is 1. The number of benzene rings is 1. The van der Waals surface area contributed by atoms with Gasteiger partial charge in [0, 0.05) is 0 Å². The van der Waals surface area contributed by atoms with Crippen molar-refractivity contribution in [2.75, 3.05) is 13.2 Å². The summed E-state index contributed by atoms with van der Waals surface area (Å²) in [5.74, 6) is -0.933. The lowest BCUT2D eigenvalue weighted by atomic mass is 10.1. The van der Waals surface area contributed by atoms with Crippen LogP contribution >= 0.6 is 0 Å². The van der Waals surface area contributed by atoms with Gasteiger partial charge in [-0.1, -0.05) is 39.7 Å². The van der Waals surface area contributed by atoms with Gasteiger partial charge in [0.05, 0.1) is 6.61 Å². The van der Waals surface area contributed by atoms with Crippen molar-refractivity contribution >= 4 is 24.4 Å². The highest BCUT2D eigenvalue weighted by molar-refractivity contribution is 5.76. The summed E-state index contributed by atoms with van der Waals surface area (Å²) in [5, 5.41) is 0. The van der Waals surface area contributed by atoms with Gasteiger partial charge in [-0.25, -0.2) is 14.4 Å². The van der Waals surface area contributed by atoms with Crippen LogP contribution in [0.15, 0.2) is 18.2 Å². The summed E-state index contributed by atoms with van der Waals surface area (Å²) >= 11 is 0. The average molecular weight is 570 g/mol. The Balaban J connectivity index is 2.81. The van der Waals surface area contributed by atoms with Gasteiger partial charge in [0.15, 0.2) is 11.5 Å². The summed E-state index contributed by atoms with van der Waals surface area (Å²) in [7, 11) is 0. The van der Waals surface area contributed by atoms with Crippen LogP contribution in [0.2, 0.25) is 0 Å². The Bertz CT molecular complexity index is 952. The normalized spacial score (nSPS) is 13.7. The van der Waals surface area contributed by atoms with E-state index in [1.807, 2.05) is 20.8 Å². The molecule has 0 bridgehead atoms. The molecule has 0 spiro atoms. The number of hydrogen-bond donors (Lipinski definition) is 1. The van der Waals surface area contributed by atoms with Crippen LogP contribution in [0.1, 0.15) is 79.2 Å². The molecule has 2 unspecified atom stereocenters. The summed E-state index contributed by atoms with van der Waals surface area (Å²) < 4.78 is 35.9. The predicted octanol–water partition coefficient (Wildman–Crippen LogP) is 5.46. The third-order valence-corrected chi connectivity index (χ3v) is 5.62. The molecule has 0 saturated heterocycles. The molecule has 1 aromatic rings. The van der Waals surface area contributed by atoms with E-state index in [0.717, 1.165) is 19.3 Å². The first-order chi connectivity index (χ1) is 19.0. The molecule has 2 N–H and O–H groups in total. The maximum absolute atomic E-state index is 12.5. The van der Waals surface area contributed by atoms with Crippen LogP contribution in [-0.2, 0) is 34.9 Å². The summed E-state index contributed by atoms with van der Waals surface area (Å²) in [5.41, 5.74) is 6.51. The van der Waals surface area contributed by atoms with Gasteiger partial charge in [-0.2, -0.15) is 0 Å². The van der Waals surface area contributed by atoms with Crippen molar-refractivity contribution in [2.24, 2.45) is 5.73 Å². The maximum Gasteiger partial charge on any atom is 0.514 e. The fourth-order valence-electron chi connectivity index (χ4n) is 2.96. The summed E-state index contributed by atoms with van der Waals surface area (Å²) in [6, 6.07) is 3.25. The Hall–Kier alpha value is -3.54. The van der Waals surface area contributed by atoms with E-state index >= 15 is 0 Å². The van der Waals surface area contributed by atoms with Gasteiger partial charge >= 0.3 is 24.4 Å². The standard InChI is InChI=1S/C28H43NO11/c1-7-10-11-14-34-26(31)35-17-20(6)36-25(30)22(29)15-21-12-13-23(39-27(32)37-18(4)8-2)24(16-21)40-28(33)38-19(5)9-3/h12-13,16,18-20,22H,7-11,14-15,17,29H2,1-6H3/t18?,19?,20-,22-/m0/s1. The predicted molar refractivity (Wildman–Crippen MR) is 144 cm³/mol. The molecule has 12 nitrogen and oxygen atoms in total. The Kier molecular flexibility index (Phi) is 16.1. The van der Waals surface area contributed by atoms with Crippen molar-refractivity contribution in [3.8, 4) is 11.5 Å². The highest BCUT2D eigenvalue weighted by Crippen LogP contribution is 2.30. The molecule has 0 aromatic heterocycles. The van der Waals surface area contributed by atoms with E-state index in [-0.39, 0.29) is 37.2 Å². The second kappa shape index (κ2) is 18.7. The van der Waals surface area contributed by atoms with Gasteiger partial charge in [-0.05, 0) is 64.2 Å². The number of unbranched alkanes of at least 4 members (excludes halogenated alkanes) is 2. The third-order valence-electron chi connectivity index (χ3n) is 5.62. The maximum atomic E-state index is 12.5. The van der Waals surface area contributed by atoms with Crippen LogP contribution < -0.4 is 15.2 Å². The van der Waals surface area contributed by atoms with Crippen LogP contribution in [0.4, 0.5) is 14.4 Å². The first kappa shape index (κ1) is 34.5. The number of rotatable bonds is 16. The number of esters is 1. The van der Waals surface area contributed by atoms with Gasteiger partial charge in [-0.3, -0.25) is 4.79 Å². The summed E-state index contributed by atoms with van der Waals surface area (Å²) in [6.07, 6.45) is -0.497. The van der Waals surface area contributed by atoms with Gasteiger partial charge in [0.2, 0.25) is 0 Å². The zero-order valence-electron chi connectivity index (χ0n) is 24.3. The fraction of sp³-hybridized carbons (Fsp3) is 0.643. The first-order valence-electron chi connectivity index (χ1n) is 13.6. The van der Waals surface area contributed by atoms with Crippen molar-refractivity contribution in [1.29, 1.82) is 0 Å². The molecule has 0 aliphatic carbocycles. The number of carbonyl (C=O) groups is 4. The molecule has 4 atom stereocenters. The molecular formula is C28H43NO11. The minimum atomic E-state index is -1.09. The molecule has 0 radical (unpaired) electrons. The molecule has 1 aromatic carbocycles. The second-order valence-corrected chi connectivity index (χ2v) is 9.33. The van der Waals surface area contributed by atoms with Gasteiger partial charge < -0.3 is 38.9 Å². The number of hydrogen-bond acceptors (Lipinski definition) is 12. The molecule has 0 aliphatic rings. The Labute approximate surface area is 235 Å². The van der Waals surface area contributed by atoms with E-state index in [9.17, 15) is 19.2 Å². The van der Waals surface area contributed by atoms with E-state index < -0.39 is 42.7 Å². The third kappa shape index (κ3) is 14.0. The molecule has 0 amide bonds. The zero-order chi connectivity index (χ0) is 30.1. The lowest BCUT2D eigenvalue weighted by molar-refractivity contribution is -0.152. The second-order valence-electron chi connectivity index (χ2n) is 9.33. The topological polar surface area (TPSA) is 159 Å². The van der Waals surface area contributed by atoms with Gasteiger partial charge in [0.1, 0.15) is 31.0 Å². The fourth-order valence-corrected chi connectivity index (χ4v) is 2.96. The minimum absolute atomic E-state index is 0.000244. The van der Waals surface area contributed by atoms with Crippen LogP contribution in [0, 0.1) is 0 Å². The molecular weight excluding hydrogens is 526 g/mol. The first-order valence-corrected chi connectivity index (χ1v) is 13.6. The van der Waals surface area contributed by atoms with E-state index in [2.05, 4.69) is 0 Å². The van der Waals surface area contributed by atoms with Crippen LogP contribution in [0.5, 0.6) is 11.5 Å². The highest BCUT2D eigenvalue weighted by atomic mass is 16.8. The van der Waals surface area contributed by atoms with Crippen molar-refractivity contribution < 1.29 is 52.3 Å². The smallest absolute Gasteiger partial charge is 0.458 e. The van der Waals surface area contributed by atoms with Crippen LogP contribution in [0.3, 0.4) is 0 Å². The molecule has 226 valence electrons. The Morgan fingerprint density at radius 2 is 1.35 bits per heavy atom.